The standard InChI is InChI=1S/C24H22ClN7O2/c1-34-24-19(15-2-3-15)4-5-22-29-18(13-32(22)24)12-31-11-16(9-28-31)23(33)26-10-20-21-8-17(25)6-7-30(21)14-27-20/h4-9,11,13-15H,2-3,10,12H2,1H3,(H,26,33). The van der Waals surface area contributed by atoms with Crippen LogP contribution in [0, 0.1) is 0 Å². The van der Waals surface area contributed by atoms with E-state index in [0.717, 1.165) is 28.4 Å². The number of halogens is 1. The third-order valence-electron chi connectivity index (χ3n) is 6.09. The van der Waals surface area contributed by atoms with Crippen molar-refractivity contribution in [3.8, 4) is 5.88 Å². The van der Waals surface area contributed by atoms with E-state index in [9.17, 15) is 4.79 Å². The summed E-state index contributed by atoms with van der Waals surface area (Å²) in [7, 11) is 1.69. The minimum atomic E-state index is -0.222. The van der Waals surface area contributed by atoms with Crippen LogP contribution in [0.4, 0.5) is 0 Å². The van der Waals surface area contributed by atoms with Gasteiger partial charge in [0.15, 0.2) is 0 Å². The van der Waals surface area contributed by atoms with E-state index in [0.29, 0.717) is 23.0 Å². The lowest BCUT2D eigenvalue weighted by Gasteiger charge is -2.09. The smallest absolute Gasteiger partial charge is 0.254 e. The maximum absolute atomic E-state index is 12.7. The number of pyridine rings is 2. The Kier molecular flexibility index (Phi) is 4.99. The van der Waals surface area contributed by atoms with Gasteiger partial charge in [-0.3, -0.25) is 13.9 Å². The molecule has 6 rings (SSSR count). The van der Waals surface area contributed by atoms with Gasteiger partial charge in [0, 0.05) is 29.2 Å². The number of amides is 1. The average Bonchev–Trinajstić information content (AvgIpc) is 3.24. The van der Waals surface area contributed by atoms with Crippen LogP contribution in [-0.2, 0) is 13.1 Å². The number of fused-ring (bicyclic) bond motifs is 2. The van der Waals surface area contributed by atoms with Gasteiger partial charge in [-0.25, -0.2) is 9.97 Å². The van der Waals surface area contributed by atoms with Crippen LogP contribution < -0.4 is 10.1 Å². The Morgan fingerprint density at radius 1 is 1.26 bits per heavy atom. The minimum absolute atomic E-state index is 0.222. The van der Waals surface area contributed by atoms with Crippen molar-refractivity contribution in [1.29, 1.82) is 0 Å². The maximum Gasteiger partial charge on any atom is 0.254 e. The Hall–Kier alpha value is -3.85. The van der Waals surface area contributed by atoms with E-state index < -0.39 is 0 Å². The Bertz CT molecular complexity index is 1530. The van der Waals surface area contributed by atoms with Gasteiger partial charge >= 0.3 is 0 Å². The summed E-state index contributed by atoms with van der Waals surface area (Å²) in [4.78, 5) is 21.7. The SMILES string of the molecule is COc1c(C2CC2)ccc2nc(Cn3cc(C(=O)NCc4ncn5ccc(Cl)cc45)cn3)cn12. The number of imidazole rings is 2. The molecule has 1 fully saturated rings. The molecule has 172 valence electrons. The lowest BCUT2D eigenvalue weighted by molar-refractivity contribution is 0.0950. The molecule has 0 saturated heterocycles. The van der Waals surface area contributed by atoms with Gasteiger partial charge in [0.2, 0.25) is 5.88 Å². The first-order valence-corrected chi connectivity index (χ1v) is 11.4. The van der Waals surface area contributed by atoms with Crippen LogP contribution in [0.25, 0.3) is 11.2 Å². The topological polar surface area (TPSA) is 90.8 Å². The number of ether oxygens (including phenoxy) is 1. The van der Waals surface area contributed by atoms with Crippen molar-refractivity contribution >= 4 is 28.7 Å². The van der Waals surface area contributed by atoms with E-state index in [1.165, 1.54) is 18.4 Å². The average molecular weight is 476 g/mol. The highest BCUT2D eigenvalue weighted by Crippen LogP contribution is 2.44. The molecule has 1 aliphatic rings. The van der Waals surface area contributed by atoms with Crippen molar-refractivity contribution in [2.75, 3.05) is 7.11 Å². The normalized spacial score (nSPS) is 13.6. The fourth-order valence-corrected chi connectivity index (χ4v) is 4.41. The van der Waals surface area contributed by atoms with E-state index in [2.05, 4.69) is 21.5 Å². The molecule has 5 aromatic rings. The third kappa shape index (κ3) is 3.77. The molecule has 1 amide bonds. The molecule has 5 heterocycles. The van der Waals surface area contributed by atoms with Crippen molar-refractivity contribution in [2.24, 2.45) is 0 Å². The highest BCUT2D eigenvalue weighted by molar-refractivity contribution is 6.30. The molecule has 0 atom stereocenters. The second kappa shape index (κ2) is 8.18. The number of methoxy groups -OCH3 is 1. The number of carbonyl (C=O) groups excluding carboxylic acids is 1. The van der Waals surface area contributed by atoms with E-state index >= 15 is 0 Å². The van der Waals surface area contributed by atoms with Gasteiger partial charge in [-0.15, -0.1) is 0 Å². The second-order valence-corrected chi connectivity index (χ2v) is 8.91. The predicted molar refractivity (Wildman–Crippen MR) is 126 cm³/mol. The van der Waals surface area contributed by atoms with Crippen molar-refractivity contribution in [3.63, 3.8) is 0 Å². The third-order valence-corrected chi connectivity index (χ3v) is 6.32. The molecule has 1 saturated carbocycles. The molecule has 0 unspecified atom stereocenters. The molecule has 10 heteroatoms. The summed E-state index contributed by atoms with van der Waals surface area (Å²) in [5.41, 5.74) is 4.96. The molecule has 0 radical (unpaired) electrons. The van der Waals surface area contributed by atoms with Crippen LogP contribution in [0.5, 0.6) is 5.88 Å². The van der Waals surface area contributed by atoms with E-state index in [1.54, 1.807) is 36.6 Å². The van der Waals surface area contributed by atoms with Gasteiger partial charge in [0.1, 0.15) is 5.65 Å². The summed E-state index contributed by atoms with van der Waals surface area (Å²) in [6.45, 7) is 0.734. The molecule has 1 N–H and O–H groups in total. The summed E-state index contributed by atoms with van der Waals surface area (Å²) < 4.78 is 11.2. The number of nitrogens with zero attached hydrogens (tertiary/aromatic N) is 6. The number of rotatable bonds is 7. The highest BCUT2D eigenvalue weighted by Gasteiger charge is 2.28. The minimum Gasteiger partial charge on any atom is -0.482 e. The van der Waals surface area contributed by atoms with Crippen LogP contribution in [0.15, 0.2) is 55.4 Å². The molecule has 0 bridgehead atoms. The molecule has 5 aromatic heterocycles. The van der Waals surface area contributed by atoms with Gasteiger partial charge in [0.05, 0.1) is 55.2 Å². The van der Waals surface area contributed by atoms with Crippen LogP contribution in [-0.4, -0.2) is 41.6 Å². The van der Waals surface area contributed by atoms with Crippen LogP contribution in [0.2, 0.25) is 5.02 Å². The summed E-state index contributed by atoms with van der Waals surface area (Å²) in [6, 6.07) is 7.74. The molecule has 9 nitrogen and oxygen atoms in total. The quantitative estimate of drug-likeness (QED) is 0.387. The van der Waals surface area contributed by atoms with Crippen molar-refractivity contribution in [3.05, 3.63) is 82.9 Å². The summed E-state index contributed by atoms with van der Waals surface area (Å²) in [5, 5.41) is 7.87. The number of aromatic nitrogens is 6. The maximum atomic E-state index is 12.7. The van der Waals surface area contributed by atoms with Gasteiger partial charge in [0.25, 0.3) is 5.91 Å². The van der Waals surface area contributed by atoms with Crippen molar-refractivity contribution in [2.45, 2.75) is 31.8 Å². The molecular formula is C24H22ClN7O2. The second-order valence-electron chi connectivity index (χ2n) is 8.47. The first kappa shape index (κ1) is 20.7. The fourth-order valence-electron chi connectivity index (χ4n) is 4.25. The lowest BCUT2D eigenvalue weighted by atomic mass is 10.2. The predicted octanol–water partition coefficient (Wildman–Crippen LogP) is 3.70. The van der Waals surface area contributed by atoms with Gasteiger partial charge < -0.3 is 14.5 Å². The van der Waals surface area contributed by atoms with Gasteiger partial charge in [-0.2, -0.15) is 5.10 Å². The zero-order chi connectivity index (χ0) is 23.2. The largest absolute Gasteiger partial charge is 0.482 e. The Labute approximate surface area is 200 Å². The molecule has 0 aliphatic heterocycles. The zero-order valence-corrected chi connectivity index (χ0v) is 19.2. The lowest BCUT2D eigenvalue weighted by Crippen LogP contribution is -2.22. The summed E-state index contributed by atoms with van der Waals surface area (Å²) in [5.74, 6) is 1.20. The number of hydrogen-bond acceptors (Lipinski definition) is 5. The van der Waals surface area contributed by atoms with Crippen molar-refractivity contribution < 1.29 is 9.53 Å². The van der Waals surface area contributed by atoms with Gasteiger partial charge in [-0.05, 0) is 43.0 Å². The van der Waals surface area contributed by atoms with E-state index in [1.807, 2.05) is 33.3 Å². The van der Waals surface area contributed by atoms with Crippen LogP contribution in [0.1, 0.15) is 46.1 Å². The first-order chi connectivity index (χ1) is 16.6. The van der Waals surface area contributed by atoms with E-state index in [4.69, 9.17) is 21.3 Å². The number of hydrogen-bond donors (Lipinski definition) is 1. The highest BCUT2D eigenvalue weighted by atomic mass is 35.5. The van der Waals surface area contributed by atoms with Crippen LogP contribution >= 0.6 is 11.6 Å². The summed E-state index contributed by atoms with van der Waals surface area (Å²) >= 11 is 6.09. The first-order valence-electron chi connectivity index (χ1n) is 11.1. The summed E-state index contributed by atoms with van der Waals surface area (Å²) in [6.07, 6.45) is 11.2. The number of carbonyl (C=O) groups is 1. The molecular weight excluding hydrogens is 454 g/mol. The molecule has 0 spiro atoms. The van der Waals surface area contributed by atoms with E-state index in [-0.39, 0.29) is 12.5 Å². The monoisotopic (exact) mass is 475 g/mol. The fraction of sp³-hybridized carbons (Fsp3) is 0.250. The molecule has 34 heavy (non-hydrogen) atoms. The Morgan fingerprint density at radius 2 is 2.15 bits per heavy atom. The van der Waals surface area contributed by atoms with Gasteiger partial charge in [-0.1, -0.05) is 11.6 Å². The molecule has 0 aromatic carbocycles. The zero-order valence-electron chi connectivity index (χ0n) is 18.5. The van der Waals surface area contributed by atoms with Crippen LogP contribution in [0.3, 0.4) is 0 Å². The Morgan fingerprint density at radius 3 is 2.97 bits per heavy atom. The van der Waals surface area contributed by atoms with Crippen molar-refractivity contribution in [1.82, 2.24) is 33.9 Å². The Balaban J connectivity index is 1.16. The number of nitrogens with one attached hydrogen (secondary N) is 1. The molecule has 1 aliphatic carbocycles.